The number of amides is 1. The second kappa shape index (κ2) is 7.67. The zero-order valence-corrected chi connectivity index (χ0v) is 17.5. The van der Waals surface area contributed by atoms with E-state index < -0.39 is 11.7 Å². The van der Waals surface area contributed by atoms with Gasteiger partial charge in [0.05, 0.1) is 16.3 Å². The lowest BCUT2D eigenvalue weighted by Crippen LogP contribution is -2.27. The van der Waals surface area contributed by atoms with Crippen molar-refractivity contribution in [3.05, 3.63) is 46.4 Å². The molecule has 134 valence electrons. The number of aromatic nitrogens is 3. The third-order valence-corrected chi connectivity index (χ3v) is 4.65. The number of halogens is 1. The highest BCUT2D eigenvalue weighted by Crippen LogP contribution is 2.38. The van der Waals surface area contributed by atoms with Gasteiger partial charge in [0.15, 0.2) is 8.96 Å². The number of carbonyl (C=O) groups excluding carboxylic acids is 1. The molecule has 1 N–H and O–H groups in total. The Morgan fingerprint density at radius 1 is 1.15 bits per heavy atom. The molecule has 1 aromatic carbocycles. The Kier molecular flexibility index (Phi) is 5.52. The van der Waals surface area contributed by atoms with Gasteiger partial charge in [0.2, 0.25) is 0 Å². The fraction of sp³-hybridized carbons (Fsp3) is 0.222. The molecular formula is C18H17IN4O2S. The van der Waals surface area contributed by atoms with Gasteiger partial charge in [-0.25, -0.2) is 19.7 Å². The lowest BCUT2D eigenvalue weighted by atomic mass is 10.1. The van der Waals surface area contributed by atoms with Gasteiger partial charge in [-0.05, 0) is 26.8 Å². The summed E-state index contributed by atoms with van der Waals surface area (Å²) in [5.74, 6) is 0. The Balaban J connectivity index is 2.00. The average Bonchev–Trinajstić information content (AvgIpc) is 2.97. The lowest BCUT2D eigenvalue weighted by Gasteiger charge is -2.18. The maximum atomic E-state index is 12.1. The molecule has 0 spiro atoms. The second-order valence-electron chi connectivity index (χ2n) is 6.40. The summed E-state index contributed by atoms with van der Waals surface area (Å²) in [6, 6.07) is 11.6. The van der Waals surface area contributed by atoms with Crippen molar-refractivity contribution >= 4 is 45.2 Å². The number of carbonyl (C=O) groups is 1. The van der Waals surface area contributed by atoms with E-state index in [1.165, 1.54) is 11.3 Å². The van der Waals surface area contributed by atoms with Gasteiger partial charge in [-0.3, -0.25) is 5.32 Å². The van der Waals surface area contributed by atoms with Crippen LogP contribution in [-0.4, -0.2) is 26.6 Å². The molecule has 0 saturated heterocycles. The van der Waals surface area contributed by atoms with Crippen molar-refractivity contribution in [2.24, 2.45) is 0 Å². The van der Waals surface area contributed by atoms with E-state index >= 15 is 0 Å². The van der Waals surface area contributed by atoms with E-state index in [1.54, 1.807) is 6.20 Å². The molecule has 2 aromatic heterocycles. The third-order valence-electron chi connectivity index (χ3n) is 3.14. The van der Waals surface area contributed by atoms with Crippen LogP contribution in [0.15, 0.2) is 42.6 Å². The minimum absolute atomic E-state index is 0.460. The van der Waals surface area contributed by atoms with Crippen LogP contribution in [0, 0.1) is 3.83 Å². The molecule has 6 nitrogen and oxygen atoms in total. The van der Waals surface area contributed by atoms with Gasteiger partial charge in [-0.2, -0.15) is 0 Å². The van der Waals surface area contributed by atoms with Gasteiger partial charge in [0.1, 0.15) is 5.60 Å². The number of benzene rings is 1. The predicted molar refractivity (Wildman–Crippen MR) is 111 cm³/mol. The summed E-state index contributed by atoms with van der Waals surface area (Å²) in [7, 11) is 0. The molecule has 3 aromatic rings. The topological polar surface area (TPSA) is 77.0 Å². The van der Waals surface area contributed by atoms with Gasteiger partial charge in [0.25, 0.3) is 0 Å². The van der Waals surface area contributed by atoms with Crippen molar-refractivity contribution in [2.45, 2.75) is 26.4 Å². The molecule has 8 heteroatoms. The van der Waals surface area contributed by atoms with Crippen LogP contribution in [0.2, 0.25) is 0 Å². The first-order valence-corrected chi connectivity index (χ1v) is 9.76. The van der Waals surface area contributed by atoms with Crippen LogP contribution in [0.25, 0.3) is 21.8 Å². The van der Waals surface area contributed by atoms with Gasteiger partial charge in [0, 0.05) is 34.4 Å². The second-order valence-corrected chi connectivity index (χ2v) is 8.36. The molecule has 2 heterocycles. The summed E-state index contributed by atoms with van der Waals surface area (Å²) in [4.78, 5) is 26.2. The summed E-state index contributed by atoms with van der Waals surface area (Å²) in [5, 5.41) is 3.17. The van der Waals surface area contributed by atoms with Crippen LogP contribution in [0.3, 0.4) is 0 Å². The zero-order valence-electron chi connectivity index (χ0n) is 14.5. The fourth-order valence-electron chi connectivity index (χ4n) is 2.19. The van der Waals surface area contributed by atoms with Gasteiger partial charge < -0.3 is 4.74 Å². The van der Waals surface area contributed by atoms with E-state index in [4.69, 9.17) is 4.74 Å². The average molecular weight is 480 g/mol. The Labute approximate surface area is 169 Å². The molecule has 0 aliphatic rings. The van der Waals surface area contributed by atoms with E-state index in [1.807, 2.05) is 57.2 Å². The number of thiazole rings is 1. The zero-order chi connectivity index (χ0) is 18.7. The maximum Gasteiger partial charge on any atom is 0.413 e. The highest BCUT2D eigenvalue weighted by atomic mass is 127. The van der Waals surface area contributed by atoms with Crippen LogP contribution in [0.5, 0.6) is 0 Å². The molecular weight excluding hydrogens is 463 g/mol. The number of anilines is 1. The van der Waals surface area contributed by atoms with Crippen molar-refractivity contribution in [1.29, 1.82) is 0 Å². The van der Waals surface area contributed by atoms with Crippen LogP contribution in [-0.2, 0) is 4.74 Å². The highest BCUT2D eigenvalue weighted by molar-refractivity contribution is 14.1. The van der Waals surface area contributed by atoms with Crippen molar-refractivity contribution in [3.8, 4) is 21.8 Å². The van der Waals surface area contributed by atoms with Crippen LogP contribution < -0.4 is 5.32 Å². The molecule has 0 atom stereocenters. The summed E-state index contributed by atoms with van der Waals surface area (Å²) >= 11 is 3.43. The monoisotopic (exact) mass is 480 g/mol. The van der Waals surface area contributed by atoms with E-state index in [0.717, 1.165) is 21.8 Å². The number of nitrogens with zero attached hydrogens (tertiary/aromatic N) is 3. The van der Waals surface area contributed by atoms with Gasteiger partial charge >= 0.3 is 6.09 Å². The van der Waals surface area contributed by atoms with Crippen molar-refractivity contribution < 1.29 is 9.53 Å². The molecule has 0 radical (unpaired) electrons. The normalized spacial score (nSPS) is 11.2. The molecule has 0 aliphatic heterocycles. The van der Waals surface area contributed by atoms with Crippen LogP contribution in [0.1, 0.15) is 20.8 Å². The molecule has 0 bridgehead atoms. The van der Waals surface area contributed by atoms with E-state index in [2.05, 4.69) is 42.9 Å². The first-order valence-electron chi connectivity index (χ1n) is 7.87. The van der Waals surface area contributed by atoms with E-state index in [0.29, 0.717) is 8.96 Å². The number of hydrogen-bond donors (Lipinski definition) is 1. The minimum Gasteiger partial charge on any atom is -0.444 e. The quantitative estimate of drug-likeness (QED) is 0.411. The molecule has 3 rings (SSSR count). The smallest absolute Gasteiger partial charge is 0.413 e. The minimum atomic E-state index is -0.574. The molecule has 0 unspecified atom stereocenters. The maximum absolute atomic E-state index is 12.1. The summed E-state index contributed by atoms with van der Waals surface area (Å²) in [6.45, 7) is 5.45. The summed E-state index contributed by atoms with van der Waals surface area (Å²) in [6.07, 6.45) is 1.18. The Morgan fingerprint density at radius 3 is 2.54 bits per heavy atom. The fourth-order valence-corrected chi connectivity index (χ4v) is 3.55. The molecule has 1 amide bonds. The highest BCUT2D eigenvalue weighted by Gasteiger charge is 2.20. The predicted octanol–water partition coefficient (Wildman–Crippen LogP) is 5.22. The standard InChI is InChI=1S/C18H17IN4O2S/c1-18(2,3)25-17(24)23-16-22-13(11-7-5-4-6-8-11)14(26-16)12-9-10-20-15(19)21-12/h4-10H,1-3H3,(H,22,23,24). The Hall–Kier alpha value is -2.07. The Morgan fingerprint density at radius 2 is 1.88 bits per heavy atom. The summed E-state index contributed by atoms with van der Waals surface area (Å²) < 4.78 is 5.96. The van der Waals surface area contributed by atoms with Crippen LogP contribution in [0.4, 0.5) is 9.93 Å². The number of rotatable bonds is 3. The molecule has 0 saturated carbocycles. The van der Waals surface area contributed by atoms with Gasteiger partial charge in [-0.1, -0.05) is 41.7 Å². The largest absolute Gasteiger partial charge is 0.444 e. The van der Waals surface area contributed by atoms with Gasteiger partial charge in [-0.15, -0.1) is 0 Å². The SMILES string of the molecule is CC(C)(C)OC(=O)Nc1nc(-c2ccccc2)c(-c2ccnc(I)n2)s1. The van der Waals surface area contributed by atoms with Crippen molar-refractivity contribution in [2.75, 3.05) is 5.32 Å². The van der Waals surface area contributed by atoms with Crippen molar-refractivity contribution in [1.82, 2.24) is 15.0 Å². The van der Waals surface area contributed by atoms with E-state index in [9.17, 15) is 4.79 Å². The number of ether oxygens (including phenoxy) is 1. The molecule has 0 aliphatic carbocycles. The molecule has 0 fully saturated rings. The van der Waals surface area contributed by atoms with E-state index in [-0.39, 0.29) is 0 Å². The molecule has 26 heavy (non-hydrogen) atoms. The first kappa shape index (κ1) is 18.7. The first-order chi connectivity index (χ1) is 12.3. The summed E-state index contributed by atoms with van der Waals surface area (Å²) in [5.41, 5.74) is 1.90. The lowest BCUT2D eigenvalue weighted by molar-refractivity contribution is 0.0636. The van der Waals surface area contributed by atoms with Crippen molar-refractivity contribution in [3.63, 3.8) is 0 Å². The number of nitrogens with one attached hydrogen (secondary N) is 1. The van der Waals surface area contributed by atoms with Crippen LogP contribution >= 0.6 is 33.9 Å². The number of hydrogen-bond acceptors (Lipinski definition) is 6. The third kappa shape index (κ3) is 4.76. The Bertz CT molecular complexity index is 922.